The largest absolute Gasteiger partial charge is 0.372 e. The maximum absolute atomic E-state index is 12.7. The summed E-state index contributed by atoms with van der Waals surface area (Å²) in [4.78, 5) is 15.1. The van der Waals surface area contributed by atoms with Crippen LogP contribution in [-0.4, -0.2) is 36.1 Å². The Morgan fingerprint density at radius 1 is 1.29 bits per heavy atom. The number of carbonyl (C=O) groups is 1. The first-order valence-corrected chi connectivity index (χ1v) is 8.36. The van der Waals surface area contributed by atoms with Gasteiger partial charge in [0.2, 0.25) is 0 Å². The first-order valence-electron chi connectivity index (χ1n) is 6.78. The molecule has 112 valence electrons. The molecule has 0 radical (unpaired) electrons. The predicted molar refractivity (Wildman–Crippen MR) is 87.8 cm³/mol. The molecule has 3 rings (SSSR count). The lowest BCUT2D eigenvalue weighted by molar-refractivity contribution is -0.0584. The molecule has 2 aromatic rings. The van der Waals surface area contributed by atoms with E-state index in [1.807, 2.05) is 30.9 Å². The Balaban J connectivity index is 1.98. The van der Waals surface area contributed by atoms with E-state index in [1.54, 1.807) is 6.07 Å². The van der Waals surface area contributed by atoms with Gasteiger partial charge in [-0.15, -0.1) is 11.3 Å². The van der Waals surface area contributed by atoms with Crippen molar-refractivity contribution in [3.8, 4) is 0 Å². The van der Waals surface area contributed by atoms with E-state index in [9.17, 15) is 4.79 Å². The SMILES string of the molecule is C[C@@H]1CN(C(=O)c2sc3cccc(Cl)c3c2Cl)C[C@H](C)O1. The normalized spacial score (nSPS) is 22.8. The van der Waals surface area contributed by atoms with Gasteiger partial charge in [-0.05, 0) is 26.0 Å². The summed E-state index contributed by atoms with van der Waals surface area (Å²) in [6.07, 6.45) is 0.0730. The van der Waals surface area contributed by atoms with Crippen molar-refractivity contribution < 1.29 is 9.53 Å². The van der Waals surface area contributed by atoms with Crippen LogP contribution in [0.3, 0.4) is 0 Å². The van der Waals surface area contributed by atoms with Crippen molar-refractivity contribution in [3.05, 3.63) is 33.1 Å². The number of hydrogen-bond acceptors (Lipinski definition) is 3. The van der Waals surface area contributed by atoms with Crippen LogP contribution in [0, 0.1) is 0 Å². The van der Waals surface area contributed by atoms with Crippen LogP contribution < -0.4 is 0 Å². The minimum atomic E-state index is -0.0423. The van der Waals surface area contributed by atoms with Gasteiger partial charge in [0.15, 0.2) is 0 Å². The molecule has 1 aliphatic rings. The van der Waals surface area contributed by atoms with Crippen LogP contribution in [0.15, 0.2) is 18.2 Å². The summed E-state index contributed by atoms with van der Waals surface area (Å²) in [6, 6.07) is 5.58. The summed E-state index contributed by atoms with van der Waals surface area (Å²) in [6.45, 7) is 5.11. The fraction of sp³-hybridized carbons (Fsp3) is 0.400. The van der Waals surface area contributed by atoms with E-state index in [1.165, 1.54) is 11.3 Å². The molecule has 0 N–H and O–H groups in total. The summed E-state index contributed by atoms with van der Waals surface area (Å²) >= 11 is 14.0. The number of nitrogens with zero attached hydrogens (tertiary/aromatic N) is 1. The van der Waals surface area contributed by atoms with Gasteiger partial charge in [0.25, 0.3) is 5.91 Å². The average molecular weight is 344 g/mol. The molecule has 3 nitrogen and oxygen atoms in total. The van der Waals surface area contributed by atoms with Crippen LogP contribution in [0.2, 0.25) is 10.0 Å². The molecule has 2 heterocycles. The highest BCUT2D eigenvalue weighted by Crippen LogP contribution is 2.40. The van der Waals surface area contributed by atoms with Gasteiger partial charge in [0.1, 0.15) is 4.88 Å². The molecule has 1 amide bonds. The number of fused-ring (bicyclic) bond motifs is 1. The number of thiophene rings is 1. The Labute approximate surface area is 137 Å². The quantitative estimate of drug-likeness (QED) is 0.765. The number of amides is 1. The van der Waals surface area contributed by atoms with Crippen molar-refractivity contribution in [2.75, 3.05) is 13.1 Å². The number of halogens is 2. The molecule has 1 aliphatic heterocycles. The van der Waals surface area contributed by atoms with Gasteiger partial charge in [-0.3, -0.25) is 4.79 Å². The van der Waals surface area contributed by atoms with Gasteiger partial charge in [0.05, 0.1) is 22.3 Å². The van der Waals surface area contributed by atoms with E-state index in [0.29, 0.717) is 28.0 Å². The van der Waals surface area contributed by atoms with E-state index in [2.05, 4.69) is 0 Å². The van der Waals surface area contributed by atoms with Crippen LogP contribution >= 0.6 is 34.5 Å². The van der Waals surface area contributed by atoms with Crippen molar-refractivity contribution in [2.45, 2.75) is 26.1 Å². The van der Waals surface area contributed by atoms with Crippen LogP contribution in [0.1, 0.15) is 23.5 Å². The second-order valence-electron chi connectivity index (χ2n) is 5.33. The standard InChI is InChI=1S/C15H15Cl2NO2S/c1-8-6-18(7-9(2)20-8)15(19)14-13(17)12-10(16)4-3-5-11(12)21-14/h3-5,8-9H,6-7H2,1-2H3/t8-,9+. The number of morpholine rings is 1. The smallest absolute Gasteiger partial charge is 0.265 e. The van der Waals surface area contributed by atoms with Crippen LogP contribution in [-0.2, 0) is 4.74 Å². The third-order valence-corrected chi connectivity index (χ3v) is 5.46. The summed E-state index contributed by atoms with van der Waals surface area (Å²) in [5.41, 5.74) is 0. The van der Waals surface area contributed by atoms with Crippen LogP contribution in [0.25, 0.3) is 10.1 Å². The molecule has 1 fully saturated rings. The lowest BCUT2D eigenvalue weighted by atomic mass is 10.2. The first kappa shape index (κ1) is 15.1. The highest BCUT2D eigenvalue weighted by atomic mass is 35.5. The maximum atomic E-state index is 12.7. The number of carbonyl (C=O) groups excluding carboxylic acids is 1. The van der Waals surface area contributed by atoms with E-state index < -0.39 is 0 Å². The molecule has 21 heavy (non-hydrogen) atoms. The fourth-order valence-electron chi connectivity index (χ4n) is 2.70. The van der Waals surface area contributed by atoms with Gasteiger partial charge < -0.3 is 9.64 Å². The zero-order chi connectivity index (χ0) is 15.1. The minimum Gasteiger partial charge on any atom is -0.372 e. The minimum absolute atomic E-state index is 0.0365. The second-order valence-corrected chi connectivity index (χ2v) is 7.16. The fourth-order valence-corrected chi connectivity index (χ4v) is 4.61. The van der Waals surface area contributed by atoms with E-state index in [-0.39, 0.29) is 18.1 Å². The second kappa shape index (κ2) is 5.76. The molecule has 1 saturated heterocycles. The Bertz CT molecular complexity index is 690. The molecule has 1 aromatic heterocycles. The van der Waals surface area contributed by atoms with Gasteiger partial charge in [-0.25, -0.2) is 0 Å². The van der Waals surface area contributed by atoms with Crippen molar-refractivity contribution in [1.29, 1.82) is 0 Å². The van der Waals surface area contributed by atoms with E-state index >= 15 is 0 Å². The molecule has 0 unspecified atom stereocenters. The molecular weight excluding hydrogens is 329 g/mol. The summed E-state index contributed by atoms with van der Waals surface area (Å²) in [5.74, 6) is -0.0423. The molecule has 0 spiro atoms. The zero-order valence-corrected chi connectivity index (χ0v) is 14.1. The summed E-state index contributed by atoms with van der Waals surface area (Å²) in [7, 11) is 0. The Hall–Kier alpha value is -0.810. The first-order chi connectivity index (χ1) is 9.97. The molecule has 1 aromatic carbocycles. The molecular formula is C15H15Cl2NO2S. The highest BCUT2D eigenvalue weighted by Gasteiger charge is 2.29. The van der Waals surface area contributed by atoms with E-state index in [4.69, 9.17) is 27.9 Å². The predicted octanol–water partition coefficient (Wildman–Crippen LogP) is 4.46. The summed E-state index contributed by atoms with van der Waals surface area (Å²) in [5, 5.41) is 1.80. The monoisotopic (exact) mass is 343 g/mol. The average Bonchev–Trinajstić information content (AvgIpc) is 2.75. The summed E-state index contributed by atoms with van der Waals surface area (Å²) < 4.78 is 6.60. The van der Waals surface area contributed by atoms with Crippen molar-refractivity contribution in [2.24, 2.45) is 0 Å². The molecule has 6 heteroatoms. The van der Waals surface area contributed by atoms with Gasteiger partial charge in [-0.2, -0.15) is 0 Å². The van der Waals surface area contributed by atoms with Crippen LogP contribution in [0.4, 0.5) is 0 Å². The number of rotatable bonds is 1. The lowest BCUT2D eigenvalue weighted by Gasteiger charge is -2.35. The molecule has 2 atom stereocenters. The molecule has 0 aliphatic carbocycles. The highest BCUT2D eigenvalue weighted by molar-refractivity contribution is 7.21. The van der Waals surface area contributed by atoms with Crippen molar-refractivity contribution in [3.63, 3.8) is 0 Å². The van der Waals surface area contributed by atoms with Crippen molar-refractivity contribution in [1.82, 2.24) is 4.90 Å². The number of benzene rings is 1. The number of hydrogen-bond donors (Lipinski definition) is 0. The Morgan fingerprint density at radius 2 is 1.95 bits per heavy atom. The molecule has 0 bridgehead atoms. The van der Waals surface area contributed by atoms with Crippen molar-refractivity contribution >= 4 is 50.5 Å². The van der Waals surface area contributed by atoms with Gasteiger partial charge >= 0.3 is 0 Å². The van der Waals surface area contributed by atoms with Gasteiger partial charge in [-0.1, -0.05) is 29.3 Å². The Morgan fingerprint density at radius 3 is 2.57 bits per heavy atom. The third kappa shape index (κ3) is 2.78. The zero-order valence-electron chi connectivity index (χ0n) is 11.7. The third-order valence-electron chi connectivity index (χ3n) is 3.51. The van der Waals surface area contributed by atoms with E-state index in [0.717, 1.165) is 10.1 Å². The van der Waals surface area contributed by atoms with Gasteiger partial charge in [0, 0.05) is 23.2 Å². The molecule has 0 saturated carbocycles. The topological polar surface area (TPSA) is 29.5 Å². The Kier molecular flexibility index (Phi) is 4.14. The number of ether oxygens (including phenoxy) is 1. The lowest BCUT2D eigenvalue weighted by Crippen LogP contribution is -2.48. The maximum Gasteiger partial charge on any atom is 0.265 e. The van der Waals surface area contributed by atoms with Crippen LogP contribution in [0.5, 0.6) is 0 Å².